The molecule has 0 atom stereocenters. The first kappa shape index (κ1) is 25.6. The smallest absolute Gasteiger partial charge is 0.203 e. The molecule has 4 rings (SSSR count). The summed E-state index contributed by atoms with van der Waals surface area (Å²) in [5.74, 6) is 1.04. The summed E-state index contributed by atoms with van der Waals surface area (Å²) >= 11 is 1.57. The molecule has 0 aliphatic heterocycles. The van der Waals surface area contributed by atoms with Gasteiger partial charge in [-0.15, -0.1) is 0 Å². The maximum Gasteiger partial charge on any atom is 0.203 e. The molecule has 1 aliphatic carbocycles. The lowest BCUT2D eigenvalue weighted by molar-refractivity contribution is 0.373. The SMILES string of the molecule is COc1ccc(/C=C/Cc2cc(OC)c(O)cc2C=Cc2nn(C)c(=NC3CCCCC3)s2)cc1O. The topological polar surface area (TPSA) is 89.1 Å². The third-order valence-electron chi connectivity index (χ3n) is 6.29. The quantitative estimate of drug-likeness (QED) is 0.416. The van der Waals surface area contributed by atoms with E-state index in [0.717, 1.165) is 39.3 Å². The number of methoxy groups -OCH3 is 2. The Balaban J connectivity index is 1.55. The van der Waals surface area contributed by atoms with Crippen LogP contribution in [-0.4, -0.2) is 40.3 Å². The van der Waals surface area contributed by atoms with Gasteiger partial charge >= 0.3 is 0 Å². The molecule has 2 N–H and O–H groups in total. The van der Waals surface area contributed by atoms with Gasteiger partial charge in [-0.1, -0.05) is 54.9 Å². The van der Waals surface area contributed by atoms with Crippen molar-refractivity contribution in [2.24, 2.45) is 12.0 Å². The first-order chi connectivity index (χ1) is 17.5. The average Bonchev–Trinajstić information content (AvgIpc) is 3.23. The van der Waals surface area contributed by atoms with E-state index >= 15 is 0 Å². The van der Waals surface area contributed by atoms with Crippen molar-refractivity contribution < 1.29 is 19.7 Å². The Kier molecular flexibility index (Phi) is 8.48. The van der Waals surface area contributed by atoms with Crippen LogP contribution >= 0.6 is 11.3 Å². The van der Waals surface area contributed by atoms with Crippen molar-refractivity contribution in [2.75, 3.05) is 14.2 Å². The van der Waals surface area contributed by atoms with E-state index in [0.29, 0.717) is 24.0 Å². The van der Waals surface area contributed by atoms with E-state index in [2.05, 4.69) is 5.10 Å². The van der Waals surface area contributed by atoms with E-state index in [1.54, 1.807) is 29.5 Å². The summed E-state index contributed by atoms with van der Waals surface area (Å²) in [6.45, 7) is 0. The van der Waals surface area contributed by atoms with Crippen molar-refractivity contribution in [1.82, 2.24) is 9.78 Å². The highest BCUT2D eigenvalue weighted by atomic mass is 32.1. The average molecular weight is 508 g/mol. The predicted molar refractivity (Wildman–Crippen MR) is 145 cm³/mol. The second-order valence-electron chi connectivity index (χ2n) is 8.86. The number of allylic oxidation sites excluding steroid dienone is 1. The third kappa shape index (κ3) is 6.37. The predicted octanol–water partition coefficient (Wildman–Crippen LogP) is 5.57. The van der Waals surface area contributed by atoms with E-state index in [-0.39, 0.29) is 11.5 Å². The minimum absolute atomic E-state index is 0.0858. The fourth-order valence-corrected chi connectivity index (χ4v) is 5.19. The van der Waals surface area contributed by atoms with Gasteiger partial charge in [0.2, 0.25) is 4.80 Å². The molecule has 0 spiro atoms. The number of ether oxygens (including phenoxy) is 2. The largest absolute Gasteiger partial charge is 0.504 e. The second kappa shape index (κ2) is 11.9. The van der Waals surface area contributed by atoms with Gasteiger partial charge in [0.15, 0.2) is 23.0 Å². The van der Waals surface area contributed by atoms with Crippen molar-refractivity contribution in [3.8, 4) is 23.0 Å². The number of phenolic OH excluding ortho intramolecular Hbond substituents is 2. The van der Waals surface area contributed by atoms with Gasteiger partial charge in [0.05, 0.1) is 20.3 Å². The summed E-state index contributed by atoms with van der Waals surface area (Å²) in [7, 11) is 5.00. The fourth-order valence-electron chi connectivity index (χ4n) is 4.33. The van der Waals surface area contributed by atoms with Gasteiger partial charge in [-0.25, -0.2) is 4.68 Å². The molecule has 1 saturated carbocycles. The van der Waals surface area contributed by atoms with Crippen LogP contribution in [0.2, 0.25) is 0 Å². The van der Waals surface area contributed by atoms with Crippen LogP contribution in [0, 0.1) is 0 Å². The van der Waals surface area contributed by atoms with Crippen LogP contribution in [0.1, 0.15) is 53.8 Å². The molecule has 8 heteroatoms. The van der Waals surface area contributed by atoms with E-state index in [4.69, 9.17) is 14.5 Å². The molecule has 1 aromatic heterocycles. The zero-order valence-corrected chi connectivity index (χ0v) is 21.8. The van der Waals surface area contributed by atoms with Gasteiger partial charge in [0.1, 0.15) is 5.01 Å². The highest BCUT2D eigenvalue weighted by Gasteiger charge is 2.13. The third-order valence-corrected chi connectivity index (χ3v) is 7.27. The number of nitrogens with zero attached hydrogens (tertiary/aromatic N) is 3. The number of hydrogen-bond donors (Lipinski definition) is 2. The Morgan fingerprint density at radius 3 is 2.47 bits per heavy atom. The van der Waals surface area contributed by atoms with Crippen LogP contribution in [0.3, 0.4) is 0 Å². The van der Waals surface area contributed by atoms with E-state index in [9.17, 15) is 10.2 Å². The van der Waals surface area contributed by atoms with Gasteiger partial charge < -0.3 is 19.7 Å². The highest BCUT2D eigenvalue weighted by molar-refractivity contribution is 7.09. The van der Waals surface area contributed by atoms with Crippen LogP contribution < -0.4 is 14.3 Å². The zero-order chi connectivity index (χ0) is 25.5. The number of aromatic hydroxyl groups is 2. The maximum absolute atomic E-state index is 10.4. The first-order valence-electron chi connectivity index (χ1n) is 12.2. The summed E-state index contributed by atoms with van der Waals surface area (Å²) in [5, 5.41) is 25.9. The number of aromatic nitrogens is 2. The van der Waals surface area contributed by atoms with Crippen LogP contribution in [0.4, 0.5) is 0 Å². The lowest BCUT2D eigenvalue weighted by Crippen LogP contribution is -2.18. The maximum atomic E-state index is 10.4. The molecule has 0 unspecified atom stereocenters. The first-order valence-corrected chi connectivity index (χ1v) is 13.0. The van der Waals surface area contributed by atoms with E-state index < -0.39 is 0 Å². The fraction of sp³-hybridized carbons (Fsp3) is 0.357. The summed E-state index contributed by atoms with van der Waals surface area (Å²) in [5.41, 5.74) is 2.72. The van der Waals surface area contributed by atoms with Crippen molar-refractivity contribution >= 4 is 29.6 Å². The monoisotopic (exact) mass is 507 g/mol. The van der Waals surface area contributed by atoms with Crippen LogP contribution in [-0.2, 0) is 13.5 Å². The number of benzene rings is 2. The van der Waals surface area contributed by atoms with Crippen LogP contribution in [0.25, 0.3) is 18.2 Å². The number of rotatable bonds is 8. The van der Waals surface area contributed by atoms with Crippen LogP contribution in [0.5, 0.6) is 23.0 Å². The van der Waals surface area contributed by atoms with Crippen molar-refractivity contribution in [3.63, 3.8) is 0 Å². The second-order valence-corrected chi connectivity index (χ2v) is 9.85. The van der Waals surface area contributed by atoms with Crippen molar-refractivity contribution in [1.29, 1.82) is 0 Å². The zero-order valence-electron chi connectivity index (χ0n) is 21.0. The molecule has 7 nitrogen and oxygen atoms in total. The lowest BCUT2D eigenvalue weighted by atomic mass is 9.96. The molecule has 2 aromatic carbocycles. The van der Waals surface area contributed by atoms with Gasteiger partial charge in [0, 0.05) is 7.05 Å². The molecule has 1 heterocycles. The molecule has 0 radical (unpaired) electrons. The molecular formula is C28H33N3O4S. The molecule has 1 aliphatic rings. The summed E-state index contributed by atoms with van der Waals surface area (Å²) < 4.78 is 12.3. The number of aryl methyl sites for hydroxylation is 1. The molecular weight excluding hydrogens is 474 g/mol. The Bertz CT molecular complexity index is 1320. The summed E-state index contributed by atoms with van der Waals surface area (Å²) in [4.78, 5) is 5.86. The minimum Gasteiger partial charge on any atom is -0.504 e. The van der Waals surface area contributed by atoms with Crippen LogP contribution in [0.15, 0.2) is 41.4 Å². The van der Waals surface area contributed by atoms with Gasteiger partial charge in [-0.3, -0.25) is 4.99 Å². The molecule has 0 saturated heterocycles. The van der Waals surface area contributed by atoms with Crippen molar-refractivity contribution in [2.45, 2.75) is 44.6 Å². The molecule has 190 valence electrons. The number of phenols is 2. The molecule has 36 heavy (non-hydrogen) atoms. The highest BCUT2D eigenvalue weighted by Crippen LogP contribution is 2.31. The Morgan fingerprint density at radius 2 is 1.75 bits per heavy atom. The standard InChI is InChI=1S/C28H33N3O4S/c1-31-28(29-22-10-5-4-6-11-22)36-27(30-31)15-13-21-17-24(33)26(35-3)18-20(21)9-7-8-19-12-14-25(34-2)23(32)16-19/h7-8,12-18,22,32-33H,4-6,9-11H2,1-3H3/b8-7+,15-13?,29-28?. The normalized spacial score (nSPS) is 15.2. The van der Waals surface area contributed by atoms with E-state index in [1.165, 1.54) is 33.5 Å². The number of hydrogen-bond acceptors (Lipinski definition) is 7. The Hall–Kier alpha value is -3.52. The molecule has 0 amide bonds. The van der Waals surface area contributed by atoms with Gasteiger partial charge in [-0.2, -0.15) is 5.10 Å². The molecule has 0 bridgehead atoms. The van der Waals surface area contributed by atoms with Gasteiger partial charge in [0.25, 0.3) is 0 Å². The summed E-state index contributed by atoms with van der Waals surface area (Å²) in [6.07, 6.45) is 14.6. The summed E-state index contributed by atoms with van der Waals surface area (Å²) in [6, 6.07) is 9.22. The Morgan fingerprint density at radius 1 is 1.00 bits per heavy atom. The Labute approximate surface area is 215 Å². The molecule has 1 fully saturated rings. The van der Waals surface area contributed by atoms with Gasteiger partial charge in [-0.05, 0) is 66.3 Å². The molecule has 3 aromatic rings. The van der Waals surface area contributed by atoms with E-state index in [1.807, 2.05) is 48.2 Å². The minimum atomic E-state index is 0.0858. The van der Waals surface area contributed by atoms with Crippen molar-refractivity contribution in [3.05, 3.63) is 62.9 Å². The lowest BCUT2D eigenvalue weighted by Gasteiger charge is -2.16.